The zero-order valence-corrected chi connectivity index (χ0v) is 7.78. The lowest BCUT2D eigenvalue weighted by molar-refractivity contribution is 0.194. The van der Waals surface area contributed by atoms with Crippen molar-refractivity contribution in [3.63, 3.8) is 0 Å². The third kappa shape index (κ3) is 3.11. The van der Waals surface area contributed by atoms with E-state index in [2.05, 4.69) is 5.32 Å². The lowest BCUT2D eigenvalue weighted by Crippen LogP contribution is -2.22. The molecule has 2 N–H and O–H groups in total. The molecule has 0 aliphatic rings. The van der Waals surface area contributed by atoms with E-state index in [1.165, 1.54) is 11.3 Å². The van der Waals surface area contributed by atoms with E-state index in [0.29, 0.717) is 13.0 Å². The highest BCUT2D eigenvalue weighted by Gasteiger charge is 1.98. The SMILES string of the molecule is O=C(O)NCCc1ccc(Cl)s1. The molecule has 0 saturated heterocycles. The van der Waals surface area contributed by atoms with Gasteiger partial charge in [-0.15, -0.1) is 11.3 Å². The summed E-state index contributed by atoms with van der Waals surface area (Å²) in [5.74, 6) is 0. The van der Waals surface area contributed by atoms with Crippen LogP contribution >= 0.6 is 22.9 Å². The predicted molar refractivity (Wildman–Crippen MR) is 49.1 cm³/mol. The molecule has 0 bridgehead atoms. The highest BCUT2D eigenvalue weighted by molar-refractivity contribution is 7.16. The number of carboxylic acid groups (broad SMARTS) is 1. The molecule has 0 spiro atoms. The van der Waals surface area contributed by atoms with Crippen LogP contribution in [0.25, 0.3) is 0 Å². The second kappa shape index (κ2) is 4.33. The Kier molecular flexibility index (Phi) is 3.37. The number of hydrogen-bond donors (Lipinski definition) is 2. The molecule has 1 aromatic rings. The van der Waals surface area contributed by atoms with Crippen LogP contribution in [0, 0.1) is 0 Å². The Labute approximate surface area is 79.0 Å². The summed E-state index contributed by atoms with van der Waals surface area (Å²) in [5, 5.41) is 10.5. The lowest BCUT2D eigenvalue weighted by Gasteiger charge is -1.96. The number of rotatable bonds is 3. The summed E-state index contributed by atoms with van der Waals surface area (Å²) in [6, 6.07) is 3.71. The van der Waals surface area contributed by atoms with Crippen molar-refractivity contribution in [2.45, 2.75) is 6.42 Å². The summed E-state index contributed by atoms with van der Waals surface area (Å²) < 4.78 is 0.736. The summed E-state index contributed by atoms with van der Waals surface area (Å²) in [4.78, 5) is 11.2. The minimum Gasteiger partial charge on any atom is -0.465 e. The number of thiophene rings is 1. The highest BCUT2D eigenvalue weighted by atomic mass is 35.5. The first-order valence-corrected chi connectivity index (χ1v) is 4.59. The molecule has 1 amide bonds. The number of halogens is 1. The molecule has 0 aromatic carbocycles. The van der Waals surface area contributed by atoms with E-state index in [1.54, 1.807) is 0 Å². The van der Waals surface area contributed by atoms with Crippen molar-refractivity contribution in [1.82, 2.24) is 5.32 Å². The fourth-order valence-electron chi connectivity index (χ4n) is 0.779. The van der Waals surface area contributed by atoms with E-state index in [0.717, 1.165) is 9.21 Å². The Morgan fingerprint density at radius 3 is 2.92 bits per heavy atom. The van der Waals surface area contributed by atoms with Gasteiger partial charge in [-0.2, -0.15) is 0 Å². The van der Waals surface area contributed by atoms with Gasteiger partial charge in [0.15, 0.2) is 0 Å². The summed E-state index contributed by atoms with van der Waals surface area (Å²) in [7, 11) is 0. The summed E-state index contributed by atoms with van der Waals surface area (Å²) in [6.07, 6.45) is -0.290. The van der Waals surface area contributed by atoms with Gasteiger partial charge < -0.3 is 10.4 Å². The Morgan fingerprint density at radius 1 is 1.67 bits per heavy atom. The van der Waals surface area contributed by atoms with Crippen molar-refractivity contribution in [3.05, 3.63) is 21.3 Å². The molecule has 0 unspecified atom stereocenters. The normalized spacial score (nSPS) is 9.75. The summed E-state index contributed by atoms with van der Waals surface area (Å²) in [6.45, 7) is 0.437. The monoisotopic (exact) mass is 205 g/mol. The number of nitrogens with one attached hydrogen (secondary N) is 1. The van der Waals surface area contributed by atoms with Gasteiger partial charge >= 0.3 is 6.09 Å². The van der Waals surface area contributed by atoms with Crippen LogP contribution in [0.3, 0.4) is 0 Å². The largest absolute Gasteiger partial charge is 0.465 e. The van der Waals surface area contributed by atoms with E-state index in [1.807, 2.05) is 12.1 Å². The molecular formula is C7H8ClNO2S. The van der Waals surface area contributed by atoms with Gasteiger partial charge in [-0.25, -0.2) is 4.79 Å². The van der Waals surface area contributed by atoms with E-state index < -0.39 is 6.09 Å². The van der Waals surface area contributed by atoms with Crippen LogP contribution in [0.5, 0.6) is 0 Å². The van der Waals surface area contributed by atoms with Crippen LogP contribution in [0.4, 0.5) is 4.79 Å². The van der Waals surface area contributed by atoms with E-state index in [-0.39, 0.29) is 0 Å². The van der Waals surface area contributed by atoms with Crippen molar-refractivity contribution in [3.8, 4) is 0 Å². The van der Waals surface area contributed by atoms with Crippen LogP contribution in [0.15, 0.2) is 12.1 Å². The first-order valence-electron chi connectivity index (χ1n) is 3.39. The van der Waals surface area contributed by atoms with Gasteiger partial charge in [0.2, 0.25) is 0 Å². The maximum absolute atomic E-state index is 10.1. The van der Waals surface area contributed by atoms with Crippen LogP contribution in [0.1, 0.15) is 4.88 Å². The van der Waals surface area contributed by atoms with Gasteiger partial charge in [0.25, 0.3) is 0 Å². The molecular weight excluding hydrogens is 198 g/mol. The summed E-state index contributed by atoms with van der Waals surface area (Å²) in [5.41, 5.74) is 0. The topological polar surface area (TPSA) is 49.3 Å². The van der Waals surface area contributed by atoms with Crippen LogP contribution < -0.4 is 5.32 Å². The molecule has 3 nitrogen and oxygen atoms in total. The van der Waals surface area contributed by atoms with E-state index in [9.17, 15) is 4.79 Å². The minimum atomic E-state index is -0.988. The fraction of sp³-hybridized carbons (Fsp3) is 0.286. The average Bonchev–Trinajstić information content (AvgIpc) is 2.35. The van der Waals surface area contributed by atoms with Crippen molar-refractivity contribution >= 4 is 29.0 Å². The van der Waals surface area contributed by atoms with Crippen LogP contribution in [0.2, 0.25) is 4.34 Å². The van der Waals surface area contributed by atoms with Crippen molar-refractivity contribution in [2.75, 3.05) is 6.54 Å². The lowest BCUT2D eigenvalue weighted by atomic mass is 10.3. The molecule has 1 rings (SSSR count). The van der Waals surface area contributed by atoms with Gasteiger partial charge in [0, 0.05) is 11.4 Å². The van der Waals surface area contributed by atoms with Gasteiger partial charge in [-0.05, 0) is 18.6 Å². The molecule has 0 atom stereocenters. The first-order chi connectivity index (χ1) is 5.68. The molecule has 0 aliphatic carbocycles. The smallest absolute Gasteiger partial charge is 0.404 e. The molecule has 1 heterocycles. The van der Waals surface area contributed by atoms with E-state index >= 15 is 0 Å². The maximum atomic E-state index is 10.1. The molecule has 0 saturated carbocycles. The van der Waals surface area contributed by atoms with Crippen LogP contribution in [-0.4, -0.2) is 17.7 Å². The molecule has 66 valence electrons. The van der Waals surface area contributed by atoms with Gasteiger partial charge in [-0.3, -0.25) is 0 Å². The minimum absolute atomic E-state index is 0.437. The van der Waals surface area contributed by atoms with E-state index in [4.69, 9.17) is 16.7 Å². The predicted octanol–water partition coefficient (Wildman–Crippen LogP) is 2.21. The highest BCUT2D eigenvalue weighted by Crippen LogP contribution is 2.21. The number of carbonyl (C=O) groups is 1. The molecule has 5 heteroatoms. The van der Waals surface area contributed by atoms with Crippen molar-refractivity contribution < 1.29 is 9.90 Å². The quantitative estimate of drug-likeness (QED) is 0.795. The third-order valence-electron chi connectivity index (χ3n) is 1.28. The average molecular weight is 206 g/mol. The Balaban J connectivity index is 2.29. The third-order valence-corrected chi connectivity index (χ3v) is 2.57. The maximum Gasteiger partial charge on any atom is 0.404 e. The Bertz CT molecular complexity index is 274. The standard InChI is InChI=1S/C7H8ClNO2S/c8-6-2-1-5(12-6)3-4-9-7(10)11/h1-2,9H,3-4H2,(H,10,11). The van der Waals surface area contributed by atoms with Crippen LogP contribution in [-0.2, 0) is 6.42 Å². The fourth-order valence-corrected chi connectivity index (χ4v) is 1.87. The molecule has 0 radical (unpaired) electrons. The molecule has 12 heavy (non-hydrogen) atoms. The molecule has 0 aliphatic heterocycles. The first kappa shape index (κ1) is 9.35. The van der Waals surface area contributed by atoms with Crippen molar-refractivity contribution in [1.29, 1.82) is 0 Å². The Morgan fingerprint density at radius 2 is 2.42 bits per heavy atom. The van der Waals surface area contributed by atoms with Gasteiger partial charge in [-0.1, -0.05) is 11.6 Å². The second-order valence-electron chi connectivity index (χ2n) is 2.19. The zero-order valence-electron chi connectivity index (χ0n) is 6.21. The number of amides is 1. The van der Waals surface area contributed by atoms with Gasteiger partial charge in [0.1, 0.15) is 0 Å². The number of hydrogen-bond acceptors (Lipinski definition) is 2. The second-order valence-corrected chi connectivity index (χ2v) is 3.99. The molecule has 0 fully saturated rings. The summed E-state index contributed by atoms with van der Waals surface area (Å²) >= 11 is 7.16. The Hall–Kier alpha value is -0.740. The zero-order chi connectivity index (χ0) is 8.97. The van der Waals surface area contributed by atoms with Crippen molar-refractivity contribution in [2.24, 2.45) is 0 Å². The van der Waals surface area contributed by atoms with Gasteiger partial charge in [0.05, 0.1) is 4.34 Å². The molecule has 1 aromatic heterocycles.